The van der Waals surface area contributed by atoms with Crippen LogP contribution in [0.15, 0.2) is 37.7 Å². The van der Waals surface area contributed by atoms with Gasteiger partial charge in [0.2, 0.25) is 0 Å². The van der Waals surface area contributed by atoms with E-state index in [1.165, 1.54) is 12.1 Å². The zero-order chi connectivity index (χ0) is 14.9. The number of ether oxygens (including phenoxy) is 1. The fraction of sp³-hybridized carbons (Fsp3) is 0.0769. The van der Waals surface area contributed by atoms with Gasteiger partial charge in [0.25, 0.3) is 0 Å². The lowest BCUT2D eigenvalue weighted by Gasteiger charge is -2.12. The Balaban J connectivity index is 2.28. The van der Waals surface area contributed by atoms with Crippen LogP contribution >= 0.6 is 47.8 Å². The Morgan fingerprint density at radius 3 is 2.20 bits per heavy atom. The van der Waals surface area contributed by atoms with Crippen molar-refractivity contribution in [3.8, 4) is 5.75 Å². The summed E-state index contributed by atoms with van der Waals surface area (Å²) in [5.41, 5.74) is 6.06. The molecule has 20 heavy (non-hydrogen) atoms. The van der Waals surface area contributed by atoms with Crippen LogP contribution in [0.3, 0.4) is 0 Å². The fourth-order valence-electron chi connectivity index (χ4n) is 1.56. The van der Waals surface area contributed by atoms with Crippen molar-refractivity contribution in [2.75, 3.05) is 5.73 Å². The number of nitrogen functional groups attached to an aromatic ring is 1. The van der Waals surface area contributed by atoms with E-state index in [0.717, 1.165) is 0 Å². The summed E-state index contributed by atoms with van der Waals surface area (Å²) >= 11 is 9.60. The summed E-state index contributed by atoms with van der Waals surface area (Å²) in [4.78, 5) is 0. The molecule has 2 rings (SSSR count). The molecule has 2 N–H and O–H groups in total. The molecule has 7 heteroatoms. The first-order valence-electron chi connectivity index (χ1n) is 5.40. The molecular weight excluding hydrogens is 464 g/mol. The highest BCUT2D eigenvalue weighted by Gasteiger charge is 2.15. The number of anilines is 1. The predicted octanol–water partition coefficient (Wildman–Crippen LogP) is 5.41. The normalized spacial score (nSPS) is 10.7. The van der Waals surface area contributed by atoms with Gasteiger partial charge in [0.15, 0.2) is 0 Å². The molecule has 0 saturated carbocycles. The summed E-state index contributed by atoms with van der Waals surface area (Å²) in [6.07, 6.45) is 0. The lowest BCUT2D eigenvalue weighted by atomic mass is 10.2. The minimum absolute atomic E-state index is 0.144. The van der Waals surface area contributed by atoms with Crippen molar-refractivity contribution in [3.05, 3.63) is 54.9 Å². The standard InChI is InChI=1S/C13H8Br3F2NO/c14-8-1-2-11(17)7(12(8)18)5-20-13-9(15)3-6(19)4-10(13)16/h1-4H,5,19H2. The van der Waals surface area contributed by atoms with Crippen LogP contribution in [0, 0.1) is 11.6 Å². The van der Waals surface area contributed by atoms with Crippen LogP contribution in [0.25, 0.3) is 0 Å². The van der Waals surface area contributed by atoms with Crippen LogP contribution in [0.1, 0.15) is 5.56 Å². The molecule has 0 aromatic heterocycles. The number of hydrogen-bond acceptors (Lipinski definition) is 2. The highest BCUT2D eigenvalue weighted by atomic mass is 79.9. The molecule has 0 aliphatic heterocycles. The predicted molar refractivity (Wildman–Crippen MR) is 84.6 cm³/mol. The van der Waals surface area contributed by atoms with Gasteiger partial charge in [0.05, 0.1) is 19.0 Å². The lowest BCUT2D eigenvalue weighted by molar-refractivity contribution is 0.288. The maximum Gasteiger partial charge on any atom is 0.148 e. The van der Waals surface area contributed by atoms with E-state index >= 15 is 0 Å². The van der Waals surface area contributed by atoms with E-state index in [0.29, 0.717) is 20.4 Å². The van der Waals surface area contributed by atoms with E-state index in [9.17, 15) is 8.78 Å². The number of nitrogens with two attached hydrogens (primary N) is 1. The maximum atomic E-state index is 13.8. The van der Waals surface area contributed by atoms with Crippen molar-refractivity contribution in [1.82, 2.24) is 0 Å². The average molecular weight is 472 g/mol. The second-order valence-electron chi connectivity index (χ2n) is 3.92. The Morgan fingerprint density at radius 1 is 1.00 bits per heavy atom. The highest BCUT2D eigenvalue weighted by Crippen LogP contribution is 2.36. The number of benzene rings is 2. The van der Waals surface area contributed by atoms with Crippen LogP contribution in [-0.2, 0) is 6.61 Å². The van der Waals surface area contributed by atoms with Crippen molar-refractivity contribution in [1.29, 1.82) is 0 Å². The Morgan fingerprint density at radius 2 is 1.60 bits per heavy atom. The third-order valence-electron chi connectivity index (χ3n) is 2.52. The molecule has 2 aromatic carbocycles. The molecule has 0 bridgehead atoms. The average Bonchev–Trinajstić information content (AvgIpc) is 2.36. The number of halogens is 5. The number of hydrogen-bond donors (Lipinski definition) is 1. The van der Waals surface area contributed by atoms with Crippen molar-refractivity contribution >= 4 is 53.5 Å². The smallest absolute Gasteiger partial charge is 0.148 e. The second kappa shape index (κ2) is 6.41. The molecular formula is C13H8Br3F2NO. The fourth-order valence-corrected chi connectivity index (χ4v) is 3.39. The van der Waals surface area contributed by atoms with Gasteiger partial charge in [-0.3, -0.25) is 0 Å². The van der Waals surface area contributed by atoms with Gasteiger partial charge in [-0.05, 0) is 72.1 Å². The summed E-state index contributed by atoms with van der Waals surface area (Å²) in [7, 11) is 0. The summed E-state index contributed by atoms with van der Waals surface area (Å²) < 4.78 is 34.3. The molecule has 0 radical (unpaired) electrons. The van der Waals surface area contributed by atoms with E-state index in [2.05, 4.69) is 47.8 Å². The zero-order valence-electron chi connectivity index (χ0n) is 9.89. The summed E-state index contributed by atoms with van der Waals surface area (Å²) in [6.45, 7) is -0.238. The molecule has 0 aliphatic carbocycles. The van der Waals surface area contributed by atoms with Gasteiger partial charge in [-0.2, -0.15) is 0 Å². The molecule has 0 spiro atoms. The quantitative estimate of drug-likeness (QED) is 0.479. The topological polar surface area (TPSA) is 35.2 Å². The van der Waals surface area contributed by atoms with Crippen LogP contribution in [0.2, 0.25) is 0 Å². The van der Waals surface area contributed by atoms with Crippen LogP contribution in [-0.4, -0.2) is 0 Å². The van der Waals surface area contributed by atoms with E-state index in [1.54, 1.807) is 12.1 Å². The van der Waals surface area contributed by atoms with Gasteiger partial charge < -0.3 is 10.5 Å². The molecule has 0 heterocycles. The molecule has 0 atom stereocenters. The van der Waals surface area contributed by atoms with Crippen LogP contribution < -0.4 is 10.5 Å². The van der Waals surface area contributed by atoms with Crippen molar-refractivity contribution in [2.24, 2.45) is 0 Å². The van der Waals surface area contributed by atoms with Crippen molar-refractivity contribution < 1.29 is 13.5 Å². The Hall–Kier alpha value is -0.660. The zero-order valence-corrected chi connectivity index (χ0v) is 14.6. The second-order valence-corrected chi connectivity index (χ2v) is 6.49. The Kier molecular flexibility index (Phi) is 5.04. The highest BCUT2D eigenvalue weighted by molar-refractivity contribution is 9.11. The van der Waals surface area contributed by atoms with Crippen molar-refractivity contribution in [3.63, 3.8) is 0 Å². The van der Waals surface area contributed by atoms with E-state index in [4.69, 9.17) is 10.5 Å². The largest absolute Gasteiger partial charge is 0.486 e. The third-order valence-corrected chi connectivity index (χ3v) is 4.31. The molecule has 2 aromatic rings. The van der Waals surface area contributed by atoms with E-state index < -0.39 is 11.6 Å². The van der Waals surface area contributed by atoms with Gasteiger partial charge in [-0.15, -0.1) is 0 Å². The lowest BCUT2D eigenvalue weighted by Crippen LogP contribution is -2.03. The molecule has 0 fully saturated rings. The van der Waals surface area contributed by atoms with Gasteiger partial charge in [-0.25, -0.2) is 8.78 Å². The van der Waals surface area contributed by atoms with Gasteiger partial charge in [0.1, 0.15) is 24.0 Å². The summed E-state index contributed by atoms with van der Waals surface area (Å²) in [5, 5.41) is 0. The first-order valence-corrected chi connectivity index (χ1v) is 7.77. The minimum Gasteiger partial charge on any atom is -0.486 e. The summed E-state index contributed by atoms with van der Waals surface area (Å²) in [6, 6.07) is 5.78. The molecule has 2 nitrogen and oxygen atoms in total. The maximum absolute atomic E-state index is 13.8. The van der Waals surface area contributed by atoms with Crippen LogP contribution in [0.4, 0.5) is 14.5 Å². The monoisotopic (exact) mass is 469 g/mol. The first kappa shape index (κ1) is 15.7. The van der Waals surface area contributed by atoms with Gasteiger partial charge in [0, 0.05) is 5.69 Å². The molecule has 106 valence electrons. The van der Waals surface area contributed by atoms with Crippen LogP contribution in [0.5, 0.6) is 5.75 Å². The van der Waals surface area contributed by atoms with E-state index in [1.807, 2.05) is 0 Å². The minimum atomic E-state index is -0.673. The van der Waals surface area contributed by atoms with E-state index in [-0.39, 0.29) is 16.6 Å². The molecule has 0 unspecified atom stereocenters. The van der Waals surface area contributed by atoms with Gasteiger partial charge >= 0.3 is 0 Å². The first-order chi connectivity index (χ1) is 9.40. The molecule has 0 aliphatic rings. The number of rotatable bonds is 3. The summed E-state index contributed by atoms with van der Waals surface area (Å²) in [5.74, 6) is -0.904. The van der Waals surface area contributed by atoms with Crippen molar-refractivity contribution in [2.45, 2.75) is 6.61 Å². The SMILES string of the molecule is Nc1cc(Br)c(OCc2c(F)ccc(Br)c2F)c(Br)c1. The Labute approximate surface area is 139 Å². The third kappa shape index (κ3) is 3.32. The van der Waals surface area contributed by atoms with Gasteiger partial charge in [-0.1, -0.05) is 0 Å². The Bertz CT molecular complexity index is 641. The molecule has 0 saturated heterocycles. The molecule has 0 amide bonds.